The number of alkyl halides is 5. The molecular weight excluding hydrogens is 421 g/mol. The number of nitrogens with zero attached hydrogens (tertiary/aromatic N) is 3. The van der Waals surface area contributed by atoms with Gasteiger partial charge in [-0.1, -0.05) is 0 Å². The van der Waals surface area contributed by atoms with Gasteiger partial charge in [0.05, 0.1) is 34.4 Å². The average Bonchev–Trinajstić information content (AvgIpc) is 3.15. The Morgan fingerprint density at radius 3 is 2.48 bits per heavy atom. The second kappa shape index (κ2) is 7.56. The van der Waals surface area contributed by atoms with Crippen LogP contribution in [0.1, 0.15) is 34.6 Å². The van der Waals surface area contributed by atoms with Crippen LogP contribution in [0, 0.1) is 0 Å². The summed E-state index contributed by atoms with van der Waals surface area (Å²) in [6.45, 7) is -0.178. The number of piperidine rings is 1. The number of aromatic amines is 1. The number of carbonyl (C=O) groups excluding carboxylic acids is 1. The number of benzene rings is 1. The van der Waals surface area contributed by atoms with Gasteiger partial charge in [0.25, 0.3) is 11.8 Å². The maximum atomic E-state index is 13.6. The zero-order valence-corrected chi connectivity index (χ0v) is 16.1. The highest BCUT2D eigenvalue weighted by atomic mass is 19.4. The van der Waals surface area contributed by atoms with Crippen molar-refractivity contribution in [1.82, 2.24) is 19.9 Å². The number of pyridine rings is 1. The summed E-state index contributed by atoms with van der Waals surface area (Å²) in [4.78, 5) is 24.6. The second-order valence-corrected chi connectivity index (χ2v) is 7.38. The van der Waals surface area contributed by atoms with E-state index in [1.54, 1.807) is 0 Å². The van der Waals surface area contributed by atoms with Crippen molar-refractivity contribution in [3.8, 4) is 11.3 Å². The summed E-state index contributed by atoms with van der Waals surface area (Å²) in [5, 5.41) is 0. The van der Waals surface area contributed by atoms with Gasteiger partial charge >= 0.3 is 6.18 Å². The van der Waals surface area contributed by atoms with Gasteiger partial charge in [-0.2, -0.15) is 13.2 Å². The van der Waals surface area contributed by atoms with Gasteiger partial charge in [-0.25, -0.2) is 13.8 Å². The van der Waals surface area contributed by atoms with E-state index in [9.17, 15) is 26.7 Å². The number of carbonyl (C=O) groups is 1. The first kappa shape index (κ1) is 21.2. The first-order valence-corrected chi connectivity index (χ1v) is 9.51. The average molecular weight is 439 g/mol. The van der Waals surface area contributed by atoms with Crippen LogP contribution in [-0.4, -0.2) is 44.8 Å². The maximum Gasteiger partial charge on any atom is 0.418 e. The van der Waals surface area contributed by atoms with E-state index in [1.807, 2.05) is 0 Å². The van der Waals surface area contributed by atoms with Gasteiger partial charge in [0, 0.05) is 37.7 Å². The Balaban J connectivity index is 1.64. The number of H-pyrrole nitrogens is 1. The van der Waals surface area contributed by atoms with Crippen molar-refractivity contribution in [1.29, 1.82) is 0 Å². The quantitative estimate of drug-likeness (QED) is 0.605. The maximum absolute atomic E-state index is 13.6. The van der Waals surface area contributed by atoms with E-state index in [4.69, 9.17) is 5.73 Å². The number of halogens is 5. The smallest absolute Gasteiger partial charge is 0.340 e. The molecule has 31 heavy (non-hydrogen) atoms. The molecule has 0 bridgehead atoms. The van der Waals surface area contributed by atoms with E-state index >= 15 is 0 Å². The third-order valence-electron chi connectivity index (χ3n) is 5.23. The Labute approximate surface area is 173 Å². The van der Waals surface area contributed by atoms with Crippen LogP contribution in [0.5, 0.6) is 0 Å². The molecule has 0 radical (unpaired) electrons. The zero-order chi connectivity index (χ0) is 22.4. The molecule has 1 fully saturated rings. The number of fused-ring (bicyclic) bond motifs is 1. The number of likely N-dealkylation sites (tertiary alicyclic amines) is 1. The summed E-state index contributed by atoms with van der Waals surface area (Å²) >= 11 is 0. The fourth-order valence-electron chi connectivity index (χ4n) is 3.54. The minimum absolute atomic E-state index is 0.0429. The largest absolute Gasteiger partial charge is 0.418 e. The highest BCUT2D eigenvalue weighted by Crippen LogP contribution is 2.37. The minimum atomic E-state index is -4.63. The van der Waals surface area contributed by atoms with Gasteiger partial charge < -0.3 is 15.6 Å². The molecule has 3 heterocycles. The molecule has 1 amide bonds. The van der Waals surface area contributed by atoms with E-state index in [0.29, 0.717) is 0 Å². The monoisotopic (exact) mass is 439 g/mol. The van der Waals surface area contributed by atoms with Crippen LogP contribution in [-0.2, 0) is 12.7 Å². The number of nitrogens with one attached hydrogen (secondary N) is 1. The molecule has 0 aliphatic carbocycles. The summed E-state index contributed by atoms with van der Waals surface area (Å²) in [6.07, 6.45) is -4.20. The minimum Gasteiger partial charge on any atom is -0.340 e. The lowest BCUT2D eigenvalue weighted by Crippen LogP contribution is -2.42. The number of nitrogens with two attached hydrogens (primary N) is 1. The summed E-state index contributed by atoms with van der Waals surface area (Å²) in [5.74, 6) is -3.00. The Kier molecular flexibility index (Phi) is 5.16. The van der Waals surface area contributed by atoms with Crippen molar-refractivity contribution in [2.75, 3.05) is 13.1 Å². The fourth-order valence-corrected chi connectivity index (χ4v) is 3.54. The highest BCUT2D eigenvalue weighted by molar-refractivity contribution is 5.94. The predicted molar refractivity (Wildman–Crippen MR) is 102 cm³/mol. The summed E-state index contributed by atoms with van der Waals surface area (Å²) in [7, 11) is 0. The Morgan fingerprint density at radius 1 is 1.19 bits per heavy atom. The van der Waals surface area contributed by atoms with Gasteiger partial charge in [0.1, 0.15) is 5.82 Å². The predicted octanol–water partition coefficient (Wildman–Crippen LogP) is 3.97. The van der Waals surface area contributed by atoms with E-state index in [2.05, 4.69) is 15.0 Å². The zero-order valence-electron chi connectivity index (χ0n) is 16.1. The number of amides is 1. The van der Waals surface area contributed by atoms with E-state index < -0.39 is 36.4 Å². The molecule has 3 N–H and O–H groups in total. The SMILES string of the molecule is NCc1nc2cc(-c3ccc(C(=O)N4CCC(F)(F)CC4)cn3)cc(C(F)(F)F)c2[nH]1. The molecule has 11 heteroatoms. The normalized spacial score (nSPS) is 16.6. The molecule has 1 saturated heterocycles. The lowest BCUT2D eigenvalue weighted by molar-refractivity contribution is -0.136. The van der Waals surface area contributed by atoms with Crippen LogP contribution in [0.4, 0.5) is 22.0 Å². The van der Waals surface area contributed by atoms with Crippen molar-refractivity contribution in [3.63, 3.8) is 0 Å². The first-order chi connectivity index (χ1) is 14.6. The molecule has 1 aromatic carbocycles. The van der Waals surface area contributed by atoms with Crippen LogP contribution >= 0.6 is 0 Å². The van der Waals surface area contributed by atoms with Crippen molar-refractivity contribution in [2.24, 2.45) is 5.73 Å². The van der Waals surface area contributed by atoms with Gasteiger partial charge in [-0.15, -0.1) is 0 Å². The lowest BCUT2D eigenvalue weighted by Gasteiger charge is -2.31. The molecule has 0 unspecified atom stereocenters. The summed E-state index contributed by atoms with van der Waals surface area (Å²) in [6, 6.07) is 5.25. The second-order valence-electron chi connectivity index (χ2n) is 7.38. The molecule has 0 atom stereocenters. The van der Waals surface area contributed by atoms with Crippen LogP contribution in [0.3, 0.4) is 0 Å². The highest BCUT2D eigenvalue weighted by Gasteiger charge is 2.36. The Hall–Kier alpha value is -3.08. The number of hydrogen-bond acceptors (Lipinski definition) is 4. The molecule has 3 aromatic rings. The molecular formula is C20H18F5N5O. The molecule has 0 saturated carbocycles. The topological polar surface area (TPSA) is 87.9 Å². The molecule has 4 rings (SSSR count). The standard InChI is InChI=1S/C20H18F5N5O/c21-19(22)3-5-30(6-4-19)18(31)11-1-2-14(27-10-11)12-7-13(20(23,24)25)17-15(8-12)28-16(9-26)29-17/h1-2,7-8,10H,3-6,9,26H2,(H,28,29). The van der Waals surface area contributed by atoms with E-state index in [-0.39, 0.29) is 53.3 Å². The molecule has 1 aliphatic rings. The lowest BCUT2D eigenvalue weighted by atomic mass is 10.0. The molecule has 0 spiro atoms. The molecule has 164 valence electrons. The molecule has 6 nitrogen and oxygen atoms in total. The number of aromatic nitrogens is 3. The van der Waals surface area contributed by atoms with Gasteiger partial charge in [0.15, 0.2) is 0 Å². The summed E-state index contributed by atoms with van der Waals surface area (Å²) in [5.41, 5.74) is 5.08. The fraction of sp³-hybridized carbons (Fsp3) is 0.350. The Bertz CT molecular complexity index is 1110. The van der Waals surface area contributed by atoms with Gasteiger partial charge in [-0.3, -0.25) is 9.78 Å². The van der Waals surface area contributed by atoms with Crippen LogP contribution in [0.25, 0.3) is 22.3 Å². The van der Waals surface area contributed by atoms with Crippen molar-refractivity contribution >= 4 is 16.9 Å². The van der Waals surface area contributed by atoms with Crippen LogP contribution < -0.4 is 5.73 Å². The van der Waals surface area contributed by atoms with Crippen molar-refractivity contribution < 1.29 is 26.7 Å². The molecule has 2 aromatic heterocycles. The first-order valence-electron chi connectivity index (χ1n) is 9.51. The van der Waals surface area contributed by atoms with Crippen molar-refractivity contribution in [2.45, 2.75) is 31.5 Å². The Morgan fingerprint density at radius 2 is 1.90 bits per heavy atom. The van der Waals surface area contributed by atoms with Gasteiger partial charge in [0.2, 0.25) is 0 Å². The number of hydrogen-bond donors (Lipinski definition) is 2. The number of rotatable bonds is 3. The number of imidazole rings is 1. The molecule has 1 aliphatic heterocycles. The van der Waals surface area contributed by atoms with Crippen molar-refractivity contribution in [3.05, 3.63) is 47.4 Å². The summed E-state index contributed by atoms with van der Waals surface area (Å²) < 4.78 is 67.2. The van der Waals surface area contributed by atoms with Crippen LogP contribution in [0.15, 0.2) is 30.5 Å². The third kappa shape index (κ3) is 4.22. The van der Waals surface area contributed by atoms with E-state index in [1.165, 1.54) is 29.3 Å². The van der Waals surface area contributed by atoms with Crippen LogP contribution in [0.2, 0.25) is 0 Å². The third-order valence-corrected chi connectivity index (χ3v) is 5.23. The van der Waals surface area contributed by atoms with E-state index in [0.717, 1.165) is 6.07 Å². The van der Waals surface area contributed by atoms with Gasteiger partial charge in [-0.05, 0) is 24.3 Å².